The molecule has 1 unspecified atom stereocenters. The van der Waals surface area contributed by atoms with Gasteiger partial charge in [-0.15, -0.1) is 0 Å². The van der Waals surface area contributed by atoms with Crippen molar-refractivity contribution >= 4 is 17.6 Å². The Morgan fingerprint density at radius 2 is 2.62 bits per heavy atom. The van der Waals surface area contributed by atoms with Gasteiger partial charge in [-0.1, -0.05) is 11.6 Å². The number of ether oxygens (including phenoxy) is 1. The summed E-state index contributed by atoms with van der Waals surface area (Å²) >= 11 is 5.48. The predicted octanol–water partition coefficient (Wildman–Crippen LogP) is 1.57. The highest BCUT2D eigenvalue weighted by Gasteiger charge is 2.20. The molecular formula is C7H8ClFN2O2. The summed E-state index contributed by atoms with van der Waals surface area (Å²) in [5.41, 5.74) is 0. The van der Waals surface area contributed by atoms with Crippen molar-refractivity contribution in [1.29, 1.82) is 0 Å². The zero-order valence-electron chi connectivity index (χ0n) is 6.91. The summed E-state index contributed by atoms with van der Waals surface area (Å²) in [4.78, 5) is 10.9. The fourth-order valence-electron chi connectivity index (χ4n) is 0.758. The summed E-state index contributed by atoms with van der Waals surface area (Å²) in [5, 5.41) is 3.80. The lowest BCUT2D eigenvalue weighted by molar-refractivity contribution is -0.153. The summed E-state index contributed by atoms with van der Waals surface area (Å²) in [5.74, 6) is -0.970. The van der Waals surface area contributed by atoms with Crippen LogP contribution in [-0.2, 0) is 9.53 Å². The van der Waals surface area contributed by atoms with Crippen LogP contribution < -0.4 is 0 Å². The molecule has 6 heteroatoms. The Hall–Kier alpha value is -1.10. The second kappa shape index (κ2) is 4.23. The van der Waals surface area contributed by atoms with Gasteiger partial charge in [0.2, 0.25) is 0 Å². The van der Waals surface area contributed by atoms with E-state index in [2.05, 4.69) is 9.84 Å². The minimum absolute atomic E-state index is 0.133. The molecule has 4 nitrogen and oxygen atoms in total. The second-order valence-electron chi connectivity index (χ2n) is 2.23. The van der Waals surface area contributed by atoms with E-state index < -0.39 is 12.3 Å². The average Bonchev–Trinajstić information content (AvgIpc) is 2.51. The molecule has 0 aliphatic carbocycles. The molecule has 0 saturated carbocycles. The molecule has 1 aromatic heterocycles. The molecule has 0 spiro atoms. The Labute approximate surface area is 79.2 Å². The first-order valence-corrected chi connectivity index (χ1v) is 4.03. The van der Waals surface area contributed by atoms with Crippen LogP contribution in [0.1, 0.15) is 13.2 Å². The van der Waals surface area contributed by atoms with E-state index in [1.807, 2.05) is 0 Å². The molecule has 72 valence electrons. The highest BCUT2D eigenvalue weighted by atomic mass is 35.5. The quantitative estimate of drug-likeness (QED) is 0.705. The minimum Gasteiger partial charge on any atom is -0.462 e. The van der Waals surface area contributed by atoms with E-state index in [-0.39, 0.29) is 11.6 Å². The van der Waals surface area contributed by atoms with Crippen LogP contribution in [0.25, 0.3) is 0 Å². The summed E-state index contributed by atoms with van der Waals surface area (Å²) in [7, 11) is 0. The van der Waals surface area contributed by atoms with Crippen LogP contribution in [0.15, 0.2) is 12.4 Å². The van der Waals surface area contributed by atoms with Gasteiger partial charge in [0, 0.05) is 6.20 Å². The third kappa shape index (κ3) is 2.42. The molecule has 0 aromatic carbocycles. The molecule has 0 N–H and O–H groups in total. The topological polar surface area (TPSA) is 44.1 Å². The summed E-state index contributed by atoms with van der Waals surface area (Å²) < 4.78 is 18.4. The number of aromatic nitrogens is 2. The molecule has 0 radical (unpaired) electrons. The van der Waals surface area contributed by atoms with Gasteiger partial charge in [-0.25, -0.2) is 13.9 Å². The van der Waals surface area contributed by atoms with Crippen molar-refractivity contribution in [3.8, 4) is 0 Å². The Bertz CT molecular complexity index is 302. The summed E-state index contributed by atoms with van der Waals surface area (Å²) in [6.45, 7) is 1.73. The zero-order chi connectivity index (χ0) is 9.84. The molecule has 0 saturated heterocycles. The van der Waals surface area contributed by atoms with Gasteiger partial charge in [0.25, 0.3) is 6.30 Å². The van der Waals surface area contributed by atoms with E-state index in [4.69, 9.17) is 11.6 Å². The smallest absolute Gasteiger partial charge is 0.363 e. The van der Waals surface area contributed by atoms with E-state index in [0.29, 0.717) is 0 Å². The van der Waals surface area contributed by atoms with Gasteiger partial charge in [-0.3, -0.25) is 0 Å². The van der Waals surface area contributed by atoms with Gasteiger partial charge in [0.1, 0.15) is 0 Å². The lowest BCUT2D eigenvalue weighted by Gasteiger charge is -2.06. The number of hydrogen-bond acceptors (Lipinski definition) is 3. The number of carbonyl (C=O) groups is 1. The normalized spacial score (nSPS) is 12.5. The maximum absolute atomic E-state index is 13.1. The molecule has 0 aliphatic rings. The van der Waals surface area contributed by atoms with E-state index in [9.17, 15) is 9.18 Å². The van der Waals surface area contributed by atoms with Crippen molar-refractivity contribution in [3.63, 3.8) is 0 Å². The van der Waals surface area contributed by atoms with Crippen molar-refractivity contribution in [1.82, 2.24) is 9.78 Å². The summed E-state index contributed by atoms with van der Waals surface area (Å²) in [6.07, 6.45) is 0.531. The number of halogens is 2. The number of nitrogens with zero attached hydrogens (tertiary/aromatic N) is 2. The van der Waals surface area contributed by atoms with Crippen molar-refractivity contribution in [2.45, 2.75) is 13.2 Å². The molecule has 0 bridgehead atoms. The van der Waals surface area contributed by atoms with Crippen LogP contribution in [0.5, 0.6) is 0 Å². The van der Waals surface area contributed by atoms with Crippen molar-refractivity contribution in [2.24, 2.45) is 0 Å². The number of rotatable bonds is 3. The van der Waals surface area contributed by atoms with Gasteiger partial charge in [0.05, 0.1) is 17.8 Å². The lowest BCUT2D eigenvalue weighted by atomic mass is 10.6. The number of hydrogen-bond donors (Lipinski definition) is 0. The van der Waals surface area contributed by atoms with E-state index in [1.165, 1.54) is 12.4 Å². The molecule has 0 amide bonds. The van der Waals surface area contributed by atoms with Crippen molar-refractivity contribution < 1.29 is 13.9 Å². The molecule has 1 heterocycles. The molecule has 0 fully saturated rings. The van der Waals surface area contributed by atoms with Gasteiger partial charge in [-0.05, 0) is 6.92 Å². The molecule has 1 aromatic rings. The van der Waals surface area contributed by atoms with Crippen LogP contribution >= 0.6 is 11.6 Å². The molecule has 13 heavy (non-hydrogen) atoms. The monoisotopic (exact) mass is 206 g/mol. The standard InChI is InChI=1S/C7H8ClFN2O2/c1-2-13-7(12)6(9)11-4-5(8)3-10-11/h3-4,6H,2H2,1H3. The second-order valence-corrected chi connectivity index (χ2v) is 2.66. The fourth-order valence-corrected chi connectivity index (χ4v) is 0.901. The van der Waals surface area contributed by atoms with Crippen LogP contribution in [0.3, 0.4) is 0 Å². The minimum atomic E-state index is -1.92. The molecule has 0 aliphatic heterocycles. The largest absolute Gasteiger partial charge is 0.462 e. The van der Waals surface area contributed by atoms with Gasteiger partial charge in [0.15, 0.2) is 0 Å². The third-order valence-corrected chi connectivity index (χ3v) is 1.48. The SMILES string of the molecule is CCOC(=O)C(F)n1cc(Cl)cn1. The van der Waals surface area contributed by atoms with Gasteiger partial charge in [-0.2, -0.15) is 5.10 Å². The van der Waals surface area contributed by atoms with E-state index >= 15 is 0 Å². The van der Waals surface area contributed by atoms with Crippen LogP contribution in [0.4, 0.5) is 4.39 Å². The Morgan fingerprint density at radius 1 is 1.92 bits per heavy atom. The average molecular weight is 207 g/mol. The van der Waals surface area contributed by atoms with Crippen LogP contribution in [0, 0.1) is 0 Å². The molecular weight excluding hydrogens is 199 g/mol. The van der Waals surface area contributed by atoms with Gasteiger partial charge >= 0.3 is 5.97 Å². The Morgan fingerprint density at radius 3 is 3.08 bits per heavy atom. The van der Waals surface area contributed by atoms with Crippen molar-refractivity contribution in [3.05, 3.63) is 17.4 Å². The number of esters is 1. The highest BCUT2D eigenvalue weighted by Crippen LogP contribution is 2.13. The first-order valence-electron chi connectivity index (χ1n) is 3.65. The predicted molar refractivity (Wildman–Crippen MR) is 44.0 cm³/mol. The molecule has 1 atom stereocenters. The maximum atomic E-state index is 13.1. The van der Waals surface area contributed by atoms with Gasteiger partial charge < -0.3 is 4.74 Å². The van der Waals surface area contributed by atoms with Crippen LogP contribution in [-0.4, -0.2) is 22.4 Å². The Balaban J connectivity index is 2.67. The summed E-state index contributed by atoms with van der Waals surface area (Å²) in [6, 6.07) is 0. The van der Waals surface area contributed by atoms with E-state index in [1.54, 1.807) is 6.92 Å². The zero-order valence-corrected chi connectivity index (χ0v) is 7.66. The van der Waals surface area contributed by atoms with Crippen LogP contribution in [0.2, 0.25) is 5.02 Å². The first-order chi connectivity index (χ1) is 6.15. The fraction of sp³-hybridized carbons (Fsp3) is 0.429. The molecule has 1 rings (SSSR count). The van der Waals surface area contributed by atoms with Crippen molar-refractivity contribution in [2.75, 3.05) is 6.61 Å². The Kier molecular flexibility index (Phi) is 3.25. The number of carbonyl (C=O) groups excluding carboxylic acids is 1. The van der Waals surface area contributed by atoms with E-state index in [0.717, 1.165) is 4.68 Å². The third-order valence-electron chi connectivity index (χ3n) is 1.28. The number of alkyl halides is 1. The first kappa shape index (κ1) is 9.98. The highest BCUT2D eigenvalue weighted by molar-refractivity contribution is 6.30. The maximum Gasteiger partial charge on any atom is 0.363 e. The lowest BCUT2D eigenvalue weighted by Crippen LogP contribution is -2.18.